The van der Waals surface area contributed by atoms with Gasteiger partial charge in [-0.25, -0.2) is 4.98 Å². The lowest BCUT2D eigenvalue weighted by molar-refractivity contribution is 0.0627. The van der Waals surface area contributed by atoms with E-state index in [4.69, 9.17) is 9.26 Å². The molecule has 0 aliphatic carbocycles. The van der Waals surface area contributed by atoms with Gasteiger partial charge in [0, 0.05) is 50.7 Å². The maximum atomic E-state index is 13.0. The number of amides is 1. The van der Waals surface area contributed by atoms with Gasteiger partial charge in [0.15, 0.2) is 0 Å². The maximum absolute atomic E-state index is 13.0. The summed E-state index contributed by atoms with van der Waals surface area (Å²) in [5, 5.41) is 3.94. The Bertz CT molecular complexity index is 1200. The van der Waals surface area contributed by atoms with Gasteiger partial charge in [-0.1, -0.05) is 11.2 Å². The summed E-state index contributed by atoms with van der Waals surface area (Å²) in [4.78, 5) is 21.9. The number of fused-ring (bicyclic) bond motifs is 1. The molecule has 4 aromatic rings. The van der Waals surface area contributed by atoms with Crippen molar-refractivity contribution >= 4 is 11.6 Å². The molecule has 170 valence electrons. The van der Waals surface area contributed by atoms with Crippen LogP contribution < -0.4 is 4.74 Å². The van der Waals surface area contributed by atoms with Crippen molar-refractivity contribution in [2.24, 2.45) is 0 Å². The predicted octanol–water partition coefficient (Wildman–Crippen LogP) is 3.48. The second kappa shape index (κ2) is 9.07. The molecule has 8 nitrogen and oxygen atoms in total. The van der Waals surface area contributed by atoms with Gasteiger partial charge in [0.2, 0.25) is 0 Å². The fourth-order valence-electron chi connectivity index (χ4n) is 4.14. The third-order valence-corrected chi connectivity index (χ3v) is 6.12. The van der Waals surface area contributed by atoms with Crippen LogP contribution >= 0.6 is 0 Å². The van der Waals surface area contributed by atoms with E-state index in [0.717, 1.165) is 48.0 Å². The summed E-state index contributed by atoms with van der Waals surface area (Å²) in [6.07, 6.45) is 4.08. The second-order valence-corrected chi connectivity index (χ2v) is 8.38. The number of hydrogen-bond donors (Lipinski definition) is 0. The first-order valence-corrected chi connectivity index (χ1v) is 11.2. The molecule has 8 heteroatoms. The third-order valence-electron chi connectivity index (χ3n) is 6.12. The highest BCUT2D eigenvalue weighted by atomic mass is 16.5. The summed E-state index contributed by atoms with van der Waals surface area (Å²) in [6.45, 7) is 8.03. The lowest BCUT2D eigenvalue weighted by Gasteiger charge is -2.34. The van der Waals surface area contributed by atoms with Crippen LogP contribution in [0, 0.1) is 13.8 Å². The van der Waals surface area contributed by atoms with Crippen LogP contribution in [-0.4, -0.2) is 56.4 Å². The fraction of sp³-hybridized carbons (Fsp3) is 0.320. The van der Waals surface area contributed by atoms with E-state index in [-0.39, 0.29) is 5.91 Å². The number of pyridine rings is 1. The molecular formula is C25H27N5O3. The number of piperazine rings is 1. The summed E-state index contributed by atoms with van der Waals surface area (Å²) in [5.41, 5.74) is 4.47. The van der Waals surface area contributed by atoms with E-state index in [2.05, 4.69) is 21.2 Å². The molecule has 3 aromatic heterocycles. The first-order valence-electron chi connectivity index (χ1n) is 11.2. The Labute approximate surface area is 192 Å². The van der Waals surface area contributed by atoms with Crippen molar-refractivity contribution in [1.82, 2.24) is 24.3 Å². The molecule has 5 rings (SSSR count). The van der Waals surface area contributed by atoms with Gasteiger partial charge < -0.3 is 18.6 Å². The molecule has 1 aromatic carbocycles. The van der Waals surface area contributed by atoms with Crippen molar-refractivity contribution in [1.29, 1.82) is 0 Å². The Morgan fingerprint density at radius 2 is 1.85 bits per heavy atom. The van der Waals surface area contributed by atoms with Crippen molar-refractivity contribution in [3.8, 4) is 5.75 Å². The molecule has 1 fully saturated rings. The number of carbonyl (C=O) groups is 1. The second-order valence-electron chi connectivity index (χ2n) is 8.38. The third kappa shape index (κ3) is 4.61. The molecule has 33 heavy (non-hydrogen) atoms. The Kier molecular flexibility index (Phi) is 5.83. The number of hydrogen-bond acceptors (Lipinski definition) is 6. The minimum atomic E-state index is 0.0552. The van der Waals surface area contributed by atoms with E-state index in [0.29, 0.717) is 31.0 Å². The van der Waals surface area contributed by atoms with E-state index in [1.165, 1.54) is 0 Å². The lowest BCUT2D eigenvalue weighted by Crippen LogP contribution is -2.48. The average molecular weight is 446 g/mol. The molecule has 0 spiro atoms. The highest BCUT2D eigenvalue weighted by molar-refractivity contribution is 5.94. The van der Waals surface area contributed by atoms with Crippen LogP contribution in [0.2, 0.25) is 0 Å². The first kappa shape index (κ1) is 21.2. The van der Waals surface area contributed by atoms with Crippen molar-refractivity contribution in [2.75, 3.05) is 26.2 Å². The molecule has 0 saturated carbocycles. The lowest BCUT2D eigenvalue weighted by atomic mass is 10.1. The first-order chi connectivity index (χ1) is 16.1. The van der Waals surface area contributed by atoms with Gasteiger partial charge in [-0.2, -0.15) is 0 Å². The highest BCUT2D eigenvalue weighted by Gasteiger charge is 2.23. The molecule has 4 heterocycles. The van der Waals surface area contributed by atoms with Gasteiger partial charge in [0.25, 0.3) is 5.91 Å². The Morgan fingerprint density at radius 3 is 2.55 bits per heavy atom. The molecule has 0 unspecified atom stereocenters. The van der Waals surface area contributed by atoms with Crippen LogP contribution in [0.3, 0.4) is 0 Å². The number of carbonyl (C=O) groups excluding carboxylic acids is 1. The summed E-state index contributed by atoms with van der Waals surface area (Å²) in [5.74, 6) is 1.53. The molecular weight excluding hydrogens is 418 g/mol. The smallest absolute Gasteiger partial charge is 0.253 e. The number of benzene rings is 1. The minimum Gasteiger partial charge on any atom is -0.489 e. The van der Waals surface area contributed by atoms with Crippen molar-refractivity contribution in [3.63, 3.8) is 0 Å². The van der Waals surface area contributed by atoms with Crippen LogP contribution in [-0.2, 0) is 13.2 Å². The number of imidazole rings is 1. The molecule has 0 atom stereocenters. The molecule has 0 bridgehead atoms. The fourth-order valence-corrected chi connectivity index (χ4v) is 4.14. The topological polar surface area (TPSA) is 76.1 Å². The van der Waals surface area contributed by atoms with E-state index in [9.17, 15) is 4.79 Å². The standard InChI is InChI=1S/C25H27N5O3/c1-18-23(19(2)33-27-18)17-32-22-8-6-20(7-9-22)25(31)29-13-11-28(12-14-29)15-21-16-30-10-4-3-5-24(30)26-21/h3-10,16H,11-15,17H2,1-2H3. The summed E-state index contributed by atoms with van der Waals surface area (Å²) >= 11 is 0. The zero-order chi connectivity index (χ0) is 22.8. The van der Waals surface area contributed by atoms with Crippen molar-refractivity contribution in [3.05, 3.63) is 83.1 Å². The Balaban J connectivity index is 1.13. The van der Waals surface area contributed by atoms with Gasteiger partial charge in [0.1, 0.15) is 23.8 Å². The largest absolute Gasteiger partial charge is 0.489 e. The molecule has 1 saturated heterocycles. The maximum Gasteiger partial charge on any atom is 0.253 e. The van der Waals surface area contributed by atoms with Gasteiger partial charge in [0.05, 0.1) is 17.0 Å². The number of ether oxygens (including phenoxy) is 1. The van der Waals surface area contributed by atoms with Crippen LogP contribution in [0.15, 0.2) is 59.4 Å². The zero-order valence-corrected chi connectivity index (χ0v) is 18.9. The summed E-state index contributed by atoms with van der Waals surface area (Å²) in [7, 11) is 0. The summed E-state index contributed by atoms with van der Waals surface area (Å²) in [6, 6.07) is 13.3. The Hall–Kier alpha value is -3.65. The Morgan fingerprint density at radius 1 is 1.06 bits per heavy atom. The number of aryl methyl sites for hydroxylation is 2. The average Bonchev–Trinajstić information content (AvgIpc) is 3.40. The predicted molar refractivity (Wildman–Crippen MR) is 123 cm³/mol. The molecule has 1 aliphatic rings. The quantitative estimate of drug-likeness (QED) is 0.452. The monoisotopic (exact) mass is 445 g/mol. The van der Waals surface area contributed by atoms with Gasteiger partial charge in [-0.15, -0.1) is 0 Å². The van der Waals surface area contributed by atoms with Crippen LogP contribution in [0.5, 0.6) is 5.75 Å². The zero-order valence-electron chi connectivity index (χ0n) is 18.9. The van der Waals surface area contributed by atoms with Gasteiger partial charge in [-0.3, -0.25) is 9.69 Å². The molecule has 1 amide bonds. The molecule has 0 N–H and O–H groups in total. The van der Waals surface area contributed by atoms with Crippen LogP contribution in [0.1, 0.15) is 33.1 Å². The van der Waals surface area contributed by atoms with Crippen molar-refractivity contribution in [2.45, 2.75) is 27.0 Å². The van der Waals surface area contributed by atoms with Crippen LogP contribution in [0.4, 0.5) is 0 Å². The van der Waals surface area contributed by atoms with E-state index < -0.39 is 0 Å². The van der Waals surface area contributed by atoms with Gasteiger partial charge >= 0.3 is 0 Å². The van der Waals surface area contributed by atoms with E-state index >= 15 is 0 Å². The minimum absolute atomic E-state index is 0.0552. The normalized spacial score (nSPS) is 14.7. The SMILES string of the molecule is Cc1noc(C)c1COc1ccc(C(=O)N2CCN(Cc3cn4ccccc4n3)CC2)cc1. The van der Waals surface area contributed by atoms with E-state index in [1.54, 1.807) is 0 Å². The number of aromatic nitrogens is 3. The number of rotatable bonds is 6. The highest BCUT2D eigenvalue weighted by Crippen LogP contribution is 2.19. The van der Waals surface area contributed by atoms with E-state index in [1.807, 2.05) is 71.8 Å². The number of nitrogens with zero attached hydrogens (tertiary/aromatic N) is 5. The van der Waals surface area contributed by atoms with Crippen molar-refractivity contribution < 1.29 is 14.1 Å². The van der Waals surface area contributed by atoms with Crippen LogP contribution in [0.25, 0.3) is 5.65 Å². The molecule has 1 aliphatic heterocycles. The van der Waals surface area contributed by atoms with Gasteiger partial charge in [-0.05, 0) is 50.2 Å². The summed E-state index contributed by atoms with van der Waals surface area (Å²) < 4.78 is 13.1. The molecule has 0 radical (unpaired) electrons.